The first-order valence-corrected chi connectivity index (χ1v) is 8.93. The summed E-state index contributed by atoms with van der Waals surface area (Å²) in [5.41, 5.74) is 5.42. The molecule has 0 amide bonds. The molecule has 1 aromatic rings. The first kappa shape index (κ1) is 18.5. The van der Waals surface area contributed by atoms with Crippen LogP contribution in [0.5, 0.6) is 0 Å². The van der Waals surface area contributed by atoms with Gasteiger partial charge in [0, 0.05) is 44.5 Å². The lowest BCUT2D eigenvalue weighted by Gasteiger charge is -2.42. The molecule has 2 fully saturated rings. The van der Waals surface area contributed by atoms with Gasteiger partial charge in [-0.15, -0.1) is 0 Å². The van der Waals surface area contributed by atoms with E-state index in [1.165, 1.54) is 6.07 Å². The van der Waals surface area contributed by atoms with Gasteiger partial charge in [-0.05, 0) is 50.7 Å². The molecule has 4 nitrogen and oxygen atoms in total. The van der Waals surface area contributed by atoms with Crippen LogP contribution in [0.25, 0.3) is 0 Å². The van der Waals surface area contributed by atoms with Crippen molar-refractivity contribution in [2.24, 2.45) is 0 Å². The van der Waals surface area contributed by atoms with Crippen molar-refractivity contribution in [3.05, 3.63) is 29.3 Å². The fourth-order valence-electron chi connectivity index (χ4n) is 3.87. The predicted molar refractivity (Wildman–Crippen MR) is 93.2 cm³/mol. The molecule has 2 aliphatic rings. The summed E-state index contributed by atoms with van der Waals surface area (Å²) in [6.07, 6.45) is -2.30. The molecule has 3 rings (SSSR count). The largest absolute Gasteiger partial charge is 0.416 e. The Morgan fingerprint density at radius 2 is 1.68 bits per heavy atom. The molecule has 0 aromatic heterocycles. The van der Waals surface area contributed by atoms with Crippen LogP contribution in [0.15, 0.2) is 18.2 Å². The molecule has 1 aromatic carbocycles. The van der Waals surface area contributed by atoms with E-state index in [9.17, 15) is 13.2 Å². The lowest BCUT2D eigenvalue weighted by atomic mass is 10.00. The third-order valence-corrected chi connectivity index (χ3v) is 5.44. The second-order valence-electron chi connectivity index (χ2n) is 7.26. The molecule has 0 spiro atoms. The molecule has 0 atom stereocenters. The van der Waals surface area contributed by atoms with E-state index in [4.69, 9.17) is 5.73 Å². The highest BCUT2D eigenvalue weighted by Gasteiger charge is 2.34. The summed E-state index contributed by atoms with van der Waals surface area (Å²) in [5, 5.41) is 0. The van der Waals surface area contributed by atoms with E-state index in [0.717, 1.165) is 58.2 Å². The fourth-order valence-corrected chi connectivity index (χ4v) is 3.87. The number of likely N-dealkylation sites (tertiary alicyclic amines) is 1. The zero-order valence-corrected chi connectivity index (χ0v) is 14.7. The molecule has 25 heavy (non-hydrogen) atoms. The average Bonchev–Trinajstić information content (AvgIpc) is 2.57. The van der Waals surface area contributed by atoms with Crippen molar-refractivity contribution < 1.29 is 13.2 Å². The van der Waals surface area contributed by atoms with Crippen LogP contribution in [0.2, 0.25) is 0 Å². The number of hydrogen-bond acceptors (Lipinski definition) is 4. The summed E-state index contributed by atoms with van der Waals surface area (Å²) in [5.74, 6) is 0. The van der Waals surface area contributed by atoms with E-state index in [1.54, 1.807) is 6.07 Å². The van der Waals surface area contributed by atoms with Crippen molar-refractivity contribution in [3.8, 4) is 0 Å². The monoisotopic (exact) mass is 356 g/mol. The smallest absolute Gasteiger partial charge is 0.399 e. The zero-order chi connectivity index (χ0) is 18.0. The molecular formula is C18H27F3N4. The van der Waals surface area contributed by atoms with Crippen LogP contribution >= 0.6 is 0 Å². The Morgan fingerprint density at radius 1 is 1.04 bits per heavy atom. The van der Waals surface area contributed by atoms with Gasteiger partial charge in [-0.2, -0.15) is 13.2 Å². The topological polar surface area (TPSA) is 35.7 Å². The van der Waals surface area contributed by atoms with Gasteiger partial charge in [0.1, 0.15) is 0 Å². The molecule has 140 valence electrons. The number of halogens is 3. The third-order valence-electron chi connectivity index (χ3n) is 5.44. The van der Waals surface area contributed by atoms with Gasteiger partial charge in [0.2, 0.25) is 0 Å². The highest BCUT2D eigenvalue weighted by Crippen LogP contribution is 2.34. The molecule has 0 saturated carbocycles. The van der Waals surface area contributed by atoms with E-state index in [1.807, 2.05) is 0 Å². The number of anilines is 1. The number of alkyl halides is 3. The van der Waals surface area contributed by atoms with Gasteiger partial charge in [-0.3, -0.25) is 9.80 Å². The molecule has 0 radical (unpaired) electrons. The van der Waals surface area contributed by atoms with E-state index >= 15 is 0 Å². The molecule has 2 saturated heterocycles. The number of nitrogens with two attached hydrogens (primary N) is 1. The molecule has 0 aliphatic carbocycles. The van der Waals surface area contributed by atoms with Crippen molar-refractivity contribution in [3.63, 3.8) is 0 Å². The first-order chi connectivity index (χ1) is 11.8. The van der Waals surface area contributed by atoms with Gasteiger partial charge in [0.05, 0.1) is 5.56 Å². The van der Waals surface area contributed by atoms with E-state index in [0.29, 0.717) is 18.2 Å². The summed E-state index contributed by atoms with van der Waals surface area (Å²) in [7, 11) is 2.14. The molecule has 0 bridgehead atoms. The fraction of sp³-hybridized carbons (Fsp3) is 0.667. The highest BCUT2D eigenvalue weighted by molar-refractivity contribution is 5.46. The van der Waals surface area contributed by atoms with Crippen LogP contribution in [-0.2, 0) is 12.7 Å². The average molecular weight is 356 g/mol. The predicted octanol–water partition coefficient (Wildman–Crippen LogP) is 2.50. The van der Waals surface area contributed by atoms with E-state index < -0.39 is 11.7 Å². The van der Waals surface area contributed by atoms with Crippen molar-refractivity contribution in [2.75, 3.05) is 52.0 Å². The Bertz CT molecular complexity index is 574. The number of hydrogen-bond donors (Lipinski definition) is 1. The minimum atomic E-state index is -4.36. The van der Waals surface area contributed by atoms with Crippen LogP contribution in [0.4, 0.5) is 18.9 Å². The number of piperidine rings is 1. The molecule has 2 heterocycles. The summed E-state index contributed by atoms with van der Waals surface area (Å²) < 4.78 is 39.7. The molecule has 7 heteroatoms. The lowest BCUT2D eigenvalue weighted by Crippen LogP contribution is -2.52. The zero-order valence-electron chi connectivity index (χ0n) is 14.7. The van der Waals surface area contributed by atoms with Crippen LogP contribution < -0.4 is 5.73 Å². The summed E-state index contributed by atoms with van der Waals surface area (Å²) in [6.45, 7) is 6.41. The van der Waals surface area contributed by atoms with Crippen molar-refractivity contribution >= 4 is 5.69 Å². The number of piperazine rings is 1. The van der Waals surface area contributed by atoms with E-state index in [-0.39, 0.29) is 5.69 Å². The second-order valence-corrected chi connectivity index (χ2v) is 7.26. The molecule has 0 unspecified atom stereocenters. The minimum absolute atomic E-state index is 0.157. The van der Waals surface area contributed by atoms with Crippen molar-refractivity contribution in [2.45, 2.75) is 31.6 Å². The van der Waals surface area contributed by atoms with Gasteiger partial charge in [-0.25, -0.2) is 0 Å². The van der Waals surface area contributed by atoms with Gasteiger partial charge in [0.15, 0.2) is 0 Å². The van der Waals surface area contributed by atoms with Crippen molar-refractivity contribution in [1.29, 1.82) is 0 Å². The molecule has 2 aliphatic heterocycles. The van der Waals surface area contributed by atoms with Gasteiger partial charge >= 0.3 is 6.18 Å². The Labute approximate surface area is 147 Å². The lowest BCUT2D eigenvalue weighted by molar-refractivity contribution is -0.138. The number of nitrogens with zero attached hydrogens (tertiary/aromatic N) is 3. The Balaban J connectivity index is 1.58. The first-order valence-electron chi connectivity index (χ1n) is 8.93. The summed E-state index contributed by atoms with van der Waals surface area (Å²) in [4.78, 5) is 7.01. The number of benzene rings is 1. The standard InChI is InChI=1S/C18H27F3N4/c1-23-8-10-25(11-9-23)16-4-6-24(7-5-16)13-14-2-3-15(22)12-17(14)18(19,20)21/h2-3,12,16H,4-11,13,22H2,1H3. The van der Waals surface area contributed by atoms with Crippen LogP contribution in [-0.4, -0.2) is 67.1 Å². The Morgan fingerprint density at radius 3 is 2.28 bits per heavy atom. The highest BCUT2D eigenvalue weighted by atomic mass is 19.4. The minimum Gasteiger partial charge on any atom is -0.399 e. The maximum absolute atomic E-state index is 13.2. The number of rotatable bonds is 3. The van der Waals surface area contributed by atoms with Crippen LogP contribution in [0.1, 0.15) is 24.0 Å². The van der Waals surface area contributed by atoms with Gasteiger partial charge in [-0.1, -0.05) is 6.07 Å². The second kappa shape index (κ2) is 7.51. The summed E-state index contributed by atoms with van der Waals surface area (Å²) in [6, 6.07) is 4.69. The SMILES string of the molecule is CN1CCN(C2CCN(Cc3ccc(N)cc3C(F)(F)F)CC2)CC1. The van der Waals surface area contributed by atoms with Gasteiger partial charge in [0.25, 0.3) is 0 Å². The van der Waals surface area contributed by atoms with Crippen LogP contribution in [0, 0.1) is 0 Å². The molecular weight excluding hydrogens is 329 g/mol. The summed E-state index contributed by atoms with van der Waals surface area (Å²) >= 11 is 0. The maximum atomic E-state index is 13.2. The maximum Gasteiger partial charge on any atom is 0.416 e. The van der Waals surface area contributed by atoms with E-state index in [2.05, 4.69) is 21.7 Å². The number of nitrogen functional groups attached to an aromatic ring is 1. The van der Waals surface area contributed by atoms with Gasteiger partial charge < -0.3 is 10.6 Å². The third kappa shape index (κ3) is 4.65. The number of likely N-dealkylation sites (N-methyl/N-ethyl adjacent to an activating group) is 1. The van der Waals surface area contributed by atoms with Crippen LogP contribution in [0.3, 0.4) is 0 Å². The Hall–Kier alpha value is -1.31. The Kier molecular flexibility index (Phi) is 5.55. The molecule has 2 N–H and O–H groups in total. The quantitative estimate of drug-likeness (QED) is 0.844. The normalized spacial score (nSPS) is 22.4. The van der Waals surface area contributed by atoms with Crippen molar-refractivity contribution in [1.82, 2.24) is 14.7 Å².